The van der Waals surface area contributed by atoms with Crippen molar-refractivity contribution in [2.45, 2.75) is 0 Å². The van der Waals surface area contributed by atoms with Gasteiger partial charge in [-0.25, -0.2) is 0 Å². The van der Waals surface area contributed by atoms with E-state index in [1.807, 2.05) is 19.3 Å². The van der Waals surface area contributed by atoms with Crippen molar-refractivity contribution in [3.8, 4) is 17.0 Å². The maximum atomic E-state index is 5.11. The summed E-state index contributed by atoms with van der Waals surface area (Å²) in [5, 5.41) is 4.33. The molecule has 0 atom stereocenters. The Morgan fingerprint density at radius 3 is 2.80 bits per heavy atom. The minimum absolute atomic E-state index is 0.727. The lowest BCUT2D eigenvalue weighted by Gasteiger charge is -2.01. The zero-order valence-electron chi connectivity index (χ0n) is 8.44. The summed E-state index contributed by atoms with van der Waals surface area (Å²) in [6.07, 6.45) is 5.32. The van der Waals surface area contributed by atoms with Crippen LogP contribution in [0.2, 0.25) is 0 Å². The molecule has 0 saturated carbocycles. The van der Waals surface area contributed by atoms with Crippen LogP contribution in [0.25, 0.3) is 11.3 Å². The molecular formula is C10H10BrN3O. The third-order valence-electron chi connectivity index (χ3n) is 2.01. The third kappa shape index (κ3) is 2.02. The van der Waals surface area contributed by atoms with Gasteiger partial charge < -0.3 is 4.74 Å². The van der Waals surface area contributed by atoms with E-state index in [0.717, 1.165) is 21.5 Å². The van der Waals surface area contributed by atoms with Crippen LogP contribution in [0.15, 0.2) is 29.1 Å². The third-order valence-corrected chi connectivity index (χ3v) is 2.59. The summed E-state index contributed by atoms with van der Waals surface area (Å²) in [5.74, 6) is 0.727. The van der Waals surface area contributed by atoms with Gasteiger partial charge in [0.15, 0.2) is 0 Å². The van der Waals surface area contributed by atoms with E-state index < -0.39 is 0 Å². The predicted octanol–water partition coefficient (Wildman–Crippen LogP) is 2.25. The molecule has 2 aromatic heterocycles. The van der Waals surface area contributed by atoms with Crippen LogP contribution in [0, 0.1) is 0 Å². The fourth-order valence-corrected chi connectivity index (χ4v) is 1.92. The molecule has 0 saturated heterocycles. The van der Waals surface area contributed by atoms with Crippen molar-refractivity contribution in [2.24, 2.45) is 7.05 Å². The SMILES string of the molecule is COc1cncc(-c2nn(C)cc2Br)c1. The molecule has 2 aromatic rings. The summed E-state index contributed by atoms with van der Waals surface area (Å²) in [5.41, 5.74) is 1.80. The van der Waals surface area contributed by atoms with Crippen LogP contribution in [-0.4, -0.2) is 21.9 Å². The first kappa shape index (κ1) is 10.2. The first-order chi connectivity index (χ1) is 7.20. The van der Waals surface area contributed by atoms with E-state index in [0.29, 0.717) is 0 Å². The zero-order chi connectivity index (χ0) is 10.8. The minimum Gasteiger partial charge on any atom is -0.495 e. The second kappa shape index (κ2) is 4.02. The topological polar surface area (TPSA) is 39.9 Å². The van der Waals surface area contributed by atoms with E-state index in [4.69, 9.17) is 4.74 Å². The van der Waals surface area contributed by atoms with Crippen LogP contribution >= 0.6 is 15.9 Å². The van der Waals surface area contributed by atoms with Gasteiger partial charge in [0.25, 0.3) is 0 Å². The first-order valence-electron chi connectivity index (χ1n) is 4.39. The first-order valence-corrected chi connectivity index (χ1v) is 5.18. The van der Waals surface area contributed by atoms with Crippen LogP contribution in [0.3, 0.4) is 0 Å². The molecule has 0 radical (unpaired) electrons. The summed E-state index contributed by atoms with van der Waals surface area (Å²) in [6.45, 7) is 0. The Balaban J connectivity index is 2.49. The second-order valence-electron chi connectivity index (χ2n) is 3.11. The van der Waals surface area contributed by atoms with Crippen LogP contribution in [0.4, 0.5) is 0 Å². The number of hydrogen-bond acceptors (Lipinski definition) is 3. The number of aryl methyl sites for hydroxylation is 1. The highest BCUT2D eigenvalue weighted by Crippen LogP contribution is 2.27. The number of hydrogen-bond donors (Lipinski definition) is 0. The average molecular weight is 268 g/mol. The van der Waals surface area contributed by atoms with Crippen LogP contribution < -0.4 is 4.74 Å². The summed E-state index contributed by atoms with van der Waals surface area (Å²) < 4.78 is 7.80. The van der Waals surface area contributed by atoms with Gasteiger partial charge in [-0.1, -0.05) is 0 Å². The van der Waals surface area contributed by atoms with Crippen molar-refractivity contribution in [3.63, 3.8) is 0 Å². The summed E-state index contributed by atoms with van der Waals surface area (Å²) >= 11 is 3.45. The molecule has 0 amide bonds. The van der Waals surface area contributed by atoms with Gasteiger partial charge in [0, 0.05) is 25.0 Å². The molecule has 15 heavy (non-hydrogen) atoms. The van der Waals surface area contributed by atoms with E-state index >= 15 is 0 Å². The Hall–Kier alpha value is -1.36. The van der Waals surface area contributed by atoms with Crippen molar-refractivity contribution >= 4 is 15.9 Å². The average Bonchev–Trinajstić information content (AvgIpc) is 2.58. The van der Waals surface area contributed by atoms with Crippen molar-refractivity contribution in [1.82, 2.24) is 14.8 Å². The molecule has 2 rings (SSSR count). The number of ether oxygens (including phenoxy) is 1. The number of aromatic nitrogens is 3. The maximum absolute atomic E-state index is 5.11. The molecule has 0 spiro atoms. The van der Waals surface area contributed by atoms with Crippen LogP contribution in [0.5, 0.6) is 5.75 Å². The Morgan fingerprint density at radius 2 is 2.20 bits per heavy atom. The molecule has 4 nitrogen and oxygen atoms in total. The minimum atomic E-state index is 0.727. The maximum Gasteiger partial charge on any atom is 0.137 e. The van der Waals surface area contributed by atoms with Gasteiger partial charge in [-0.15, -0.1) is 0 Å². The summed E-state index contributed by atoms with van der Waals surface area (Å²) in [7, 11) is 3.50. The number of methoxy groups -OCH3 is 1. The molecule has 0 aliphatic carbocycles. The fourth-order valence-electron chi connectivity index (χ4n) is 1.32. The summed E-state index contributed by atoms with van der Waals surface area (Å²) in [6, 6.07) is 1.90. The van der Waals surface area contributed by atoms with Crippen molar-refractivity contribution in [3.05, 3.63) is 29.1 Å². The molecule has 0 fully saturated rings. The van der Waals surface area contributed by atoms with Gasteiger partial charge in [0.05, 0.1) is 17.8 Å². The van der Waals surface area contributed by atoms with Gasteiger partial charge in [0.2, 0.25) is 0 Å². The van der Waals surface area contributed by atoms with Gasteiger partial charge >= 0.3 is 0 Å². The van der Waals surface area contributed by atoms with E-state index in [-0.39, 0.29) is 0 Å². The Morgan fingerprint density at radius 1 is 1.40 bits per heavy atom. The van der Waals surface area contributed by atoms with E-state index in [1.165, 1.54) is 0 Å². The Kier molecular flexibility index (Phi) is 2.73. The molecule has 0 bridgehead atoms. The second-order valence-corrected chi connectivity index (χ2v) is 3.97. The number of pyridine rings is 1. The molecule has 2 heterocycles. The molecule has 0 aliphatic heterocycles. The molecular weight excluding hydrogens is 258 g/mol. The largest absolute Gasteiger partial charge is 0.495 e. The van der Waals surface area contributed by atoms with E-state index in [2.05, 4.69) is 26.0 Å². The Labute approximate surface area is 96.0 Å². The lowest BCUT2D eigenvalue weighted by Crippen LogP contribution is -1.89. The number of rotatable bonds is 2. The quantitative estimate of drug-likeness (QED) is 0.838. The highest BCUT2D eigenvalue weighted by atomic mass is 79.9. The van der Waals surface area contributed by atoms with Gasteiger partial charge in [-0.05, 0) is 22.0 Å². The van der Waals surface area contributed by atoms with E-state index in [1.54, 1.807) is 24.2 Å². The monoisotopic (exact) mass is 267 g/mol. The van der Waals surface area contributed by atoms with Crippen molar-refractivity contribution < 1.29 is 4.74 Å². The van der Waals surface area contributed by atoms with E-state index in [9.17, 15) is 0 Å². The standard InChI is InChI=1S/C10H10BrN3O/c1-14-6-9(11)10(13-14)7-3-8(15-2)5-12-4-7/h3-6H,1-2H3. The number of halogens is 1. The summed E-state index contributed by atoms with van der Waals surface area (Å²) in [4.78, 5) is 4.09. The van der Waals surface area contributed by atoms with Gasteiger partial charge in [0.1, 0.15) is 11.4 Å². The molecule has 5 heteroatoms. The molecule has 0 aliphatic rings. The smallest absolute Gasteiger partial charge is 0.137 e. The van der Waals surface area contributed by atoms with Gasteiger partial charge in [-0.3, -0.25) is 9.67 Å². The zero-order valence-corrected chi connectivity index (χ0v) is 10.0. The fraction of sp³-hybridized carbons (Fsp3) is 0.200. The molecule has 0 N–H and O–H groups in total. The molecule has 0 unspecified atom stereocenters. The van der Waals surface area contributed by atoms with Gasteiger partial charge in [-0.2, -0.15) is 5.10 Å². The van der Waals surface area contributed by atoms with Crippen LogP contribution in [0.1, 0.15) is 0 Å². The molecule has 78 valence electrons. The lowest BCUT2D eigenvalue weighted by molar-refractivity contribution is 0.413. The highest BCUT2D eigenvalue weighted by molar-refractivity contribution is 9.10. The Bertz CT molecular complexity index is 481. The van der Waals surface area contributed by atoms with Crippen molar-refractivity contribution in [2.75, 3.05) is 7.11 Å². The highest BCUT2D eigenvalue weighted by Gasteiger charge is 2.08. The van der Waals surface area contributed by atoms with Crippen LogP contribution in [-0.2, 0) is 7.05 Å². The number of nitrogens with zero attached hydrogens (tertiary/aromatic N) is 3. The normalized spacial score (nSPS) is 10.3. The lowest BCUT2D eigenvalue weighted by atomic mass is 10.2. The molecule has 0 aromatic carbocycles. The van der Waals surface area contributed by atoms with Crippen molar-refractivity contribution in [1.29, 1.82) is 0 Å². The predicted molar refractivity (Wildman–Crippen MR) is 60.7 cm³/mol.